The number of hydrogen-bond donors (Lipinski definition) is 1. The van der Waals surface area contributed by atoms with Crippen LogP contribution >= 0.6 is 11.6 Å². The zero-order valence-corrected chi connectivity index (χ0v) is 11.3. The van der Waals surface area contributed by atoms with Crippen LogP contribution in [0.5, 0.6) is 0 Å². The Morgan fingerprint density at radius 3 is 2.44 bits per heavy atom. The summed E-state index contributed by atoms with van der Waals surface area (Å²) in [5, 5.41) is 4.30. The minimum absolute atomic E-state index is 0.425. The van der Waals surface area contributed by atoms with E-state index in [0.717, 1.165) is 24.4 Å². The minimum atomic E-state index is 0.425. The van der Waals surface area contributed by atoms with Gasteiger partial charge in [0.15, 0.2) is 0 Å². The fourth-order valence-electron chi connectivity index (χ4n) is 2.10. The molecule has 0 saturated heterocycles. The molecule has 0 aliphatic heterocycles. The van der Waals surface area contributed by atoms with Crippen molar-refractivity contribution in [3.63, 3.8) is 0 Å². The quantitative estimate of drug-likeness (QED) is 0.860. The lowest BCUT2D eigenvalue weighted by molar-refractivity contribution is 0.513. The molecule has 1 N–H and O–H groups in total. The van der Waals surface area contributed by atoms with E-state index in [1.54, 1.807) is 6.26 Å². The Balaban J connectivity index is 1.99. The maximum absolute atomic E-state index is 5.90. The van der Waals surface area contributed by atoms with Gasteiger partial charge in [0.25, 0.3) is 0 Å². The van der Waals surface area contributed by atoms with Gasteiger partial charge in [-0.15, -0.1) is 0 Å². The number of rotatable bonds is 6. The Morgan fingerprint density at radius 2 is 1.83 bits per heavy atom. The number of furan rings is 1. The lowest BCUT2D eigenvalue weighted by Gasteiger charge is -2.17. The molecule has 0 bridgehead atoms. The third-order valence-electron chi connectivity index (χ3n) is 2.95. The number of nitrogens with one attached hydrogen (secondary N) is 1. The summed E-state index contributed by atoms with van der Waals surface area (Å²) in [7, 11) is 0. The Morgan fingerprint density at radius 1 is 1.11 bits per heavy atom. The van der Waals surface area contributed by atoms with Crippen LogP contribution in [-0.4, -0.2) is 12.6 Å². The summed E-state index contributed by atoms with van der Waals surface area (Å²) in [4.78, 5) is 0. The van der Waals surface area contributed by atoms with Gasteiger partial charge in [0.2, 0.25) is 0 Å². The molecule has 1 aromatic carbocycles. The van der Waals surface area contributed by atoms with Gasteiger partial charge in [-0.2, -0.15) is 0 Å². The highest BCUT2D eigenvalue weighted by Gasteiger charge is 2.10. The molecule has 96 valence electrons. The molecule has 2 nitrogen and oxygen atoms in total. The second-order valence-electron chi connectivity index (χ2n) is 4.42. The molecular formula is C15H18ClNO. The molecule has 1 aromatic heterocycles. The van der Waals surface area contributed by atoms with Gasteiger partial charge in [-0.25, -0.2) is 0 Å². The van der Waals surface area contributed by atoms with Crippen LogP contribution in [0.3, 0.4) is 0 Å². The summed E-state index contributed by atoms with van der Waals surface area (Å²) >= 11 is 5.90. The van der Waals surface area contributed by atoms with Crippen molar-refractivity contribution in [3.05, 3.63) is 59.0 Å². The minimum Gasteiger partial charge on any atom is -0.472 e. The first-order valence-electron chi connectivity index (χ1n) is 6.27. The molecule has 1 atom stereocenters. The van der Waals surface area contributed by atoms with Crippen LogP contribution in [0.2, 0.25) is 5.02 Å². The van der Waals surface area contributed by atoms with Gasteiger partial charge in [0.1, 0.15) is 0 Å². The third kappa shape index (κ3) is 3.90. The van der Waals surface area contributed by atoms with Crippen LogP contribution < -0.4 is 5.32 Å². The first-order valence-corrected chi connectivity index (χ1v) is 6.64. The summed E-state index contributed by atoms with van der Waals surface area (Å²) in [5.74, 6) is 0. The molecule has 0 aliphatic carbocycles. The van der Waals surface area contributed by atoms with E-state index >= 15 is 0 Å². The van der Waals surface area contributed by atoms with E-state index in [1.165, 1.54) is 11.1 Å². The van der Waals surface area contributed by atoms with Crippen molar-refractivity contribution in [2.45, 2.75) is 25.8 Å². The van der Waals surface area contributed by atoms with Gasteiger partial charge in [0, 0.05) is 11.1 Å². The third-order valence-corrected chi connectivity index (χ3v) is 3.20. The smallest absolute Gasteiger partial charge is 0.0935 e. The van der Waals surface area contributed by atoms with Crippen molar-refractivity contribution >= 4 is 11.6 Å². The van der Waals surface area contributed by atoms with E-state index in [9.17, 15) is 0 Å². The fourth-order valence-corrected chi connectivity index (χ4v) is 2.23. The van der Waals surface area contributed by atoms with Crippen LogP contribution in [0.1, 0.15) is 18.1 Å². The lowest BCUT2D eigenvalue weighted by atomic mass is 10.0. The van der Waals surface area contributed by atoms with Gasteiger partial charge in [-0.3, -0.25) is 0 Å². The van der Waals surface area contributed by atoms with Crippen molar-refractivity contribution in [2.24, 2.45) is 0 Å². The monoisotopic (exact) mass is 263 g/mol. The Hall–Kier alpha value is -1.25. The summed E-state index contributed by atoms with van der Waals surface area (Å²) in [5.41, 5.74) is 2.53. The molecule has 0 aliphatic rings. The Labute approximate surface area is 113 Å². The van der Waals surface area contributed by atoms with Crippen LogP contribution in [0, 0.1) is 0 Å². The first-order chi connectivity index (χ1) is 8.78. The molecular weight excluding hydrogens is 246 g/mol. The van der Waals surface area contributed by atoms with Gasteiger partial charge >= 0.3 is 0 Å². The van der Waals surface area contributed by atoms with E-state index < -0.39 is 0 Å². The second-order valence-corrected chi connectivity index (χ2v) is 4.86. The van der Waals surface area contributed by atoms with E-state index in [0.29, 0.717) is 6.04 Å². The van der Waals surface area contributed by atoms with Crippen molar-refractivity contribution < 1.29 is 4.42 Å². The molecule has 3 heteroatoms. The van der Waals surface area contributed by atoms with Crippen molar-refractivity contribution in [2.75, 3.05) is 6.54 Å². The molecule has 18 heavy (non-hydrogen) atoms. The summed E-state index contributed by atoms with van der Waals surface area (Å²) in [6.07, 6.45) is 5.51. The highest BCUT2D eigenvalue weighted by molar-refractivity contribution is 6.30. The average molecular weight is 264 g/mol. The van der Waals surface area contributed by atoms with E-state index in [1.807, 2.05) is 24.5 Å². The number of likely N-dealkylation sites (N-methyl/N-ethyl adjacent to an activating group) is 1. The van der Waals surface area contributed by atoms with Gasteiger partial charge in [-0.05, 0) is 48.7 Å². The Bertz CT molecular complexity index is 450. The van der Waals surface area contributed by atoms with Crippen LogP contribution in [0.4, 0.5) is 0 Å². The summed E-state index contributed by atoms with van der Waals surface area (Å²) in [6.45, 7) is 3.10. The molecule has 2 rings (SSSR count). The van der Waals surface area contributed by atoms with Gasteiger partial charge < -0.3 is 9.73 Å². The largest absolute Gasteiger partial charge is 0.472 e. The molecule has 2 aromatic rings. The summed E-state index contributed by atoms with van der Waals surface area (Å²) < 4.78 is 5.11. The van der Waals surface area contributed by atoms with E-state index in [-0.39, 0.29) is 0 Å². The van der Waals surface area contributed by atoms with Gasteiger partial charge in [0.05, 0.1) is 12.5 Å². The first kappa shape index (κ1) is 13.2. The molecule has 0 radical (unpaired) electrons. The molecule has 1 unspecified atom stereocenters. The average Bonchev–Trinajstić information content (AvgIpc) is 2.85. The number of halogens is 1. The zero-order valence-electron chi connectivity index (χ0n) is 10.5. The topological polar surface area (TPSA) is 25.2 Å². The van der Waals surface area contributed by atoms with Crippen molar-refractivity contribution in [1.29, 1.82) is 0 Å². The predicted octanol–water partition coefficient (Wildman–Crippen LogP) is 3.70. The van der Waals surface area contributed by atoms with Gasteiger partial charge in [-0.1, -0.05) is 30.7 Å². The van der Waals surface area contributed by atoms with Crippen LogP contribution in [0.25, 0.3) is 0 Å². The molecule has 0 saturated carbocycles. The predicted molar refractivity (Wildman–Crippen MR) is 75.0 cm³/mol. The zero-order chi connectivity index (χ0) is 12.8. The maximum atomic E-state index is 5.90. The maximum Gasteiger partial charge on any atom is 0.0935 e. The van der Waals surface area contributed by atoms with Crippen molar-refractivity contribution in [1.82, 2.24) is 5.32 Å². The normalized spacial score (nSPS) is 12.6. The van der Waals surface area contributed by atoms with Crippen LogP contribution in [-0.2, 0) is 12.8 Å². The van der Waals surface area contributed by atoms with Crippen LogP contribution in [0.15, 0.2) is 47.3 Å². The SMILES string of the molecule is CCNC(Cc1ccc(Cl)cc1)Cc1ccoc1. The highest BCUT2D eigenvalue weighted by atomic mass is 35.5. The Kier molecular flexibility index (Phi) is 4.85. The lowest BCUT2D eigenvalue weighted by Crippen LogP contribution is -2.32. The molecule has 0 fully saturated rings. The molecule has 1 heterocycles. The van der Waals surface area contributed by atoms with E-state index in [2.05, 4.69) is 24.4 Å². The number of benzene rings is 1. The standard InChI is InChI=1S/C15H18ClNO/c1-2-17-15(10-13-7-8-18-11-13)9-12-3-5-14(16)6-4-12/h3-8,11,15,17H,2,9-10H2,1H3. The molecule has 0 amide bonds. The van der Waals surface area contributed by atoms with E-state index in [4.69, 9.17) is 16.0 Å². The summed E-state index contributed by atoms with van der Waals surface area (Å²) in [6, 6.07) is 10.5. The highest BCUT2D eigenvalue weighted by Crippen LogP contribution is 2.13. The second kappa shape index (κ2) is 6.62. The molecule has 0 spiro atoms. The van der Waals surface area contributed by atoms with Crippen molar-refractivity contribution in [3.8, 4) is 0 Å². The fraction of sp³-hybridized carbons (Fsp3) is 0.333. The number of hydrogen-bond acceptors (Lipinski definition) is 2.